The zero-order valence-electron chi connectivity index (χ0n) is 17.5. The van der Waals surface area contributed by atoms with Crippen LogP contribution in [0, 0.1) is 5.41 Å². The summed E-state index contributed by atoms with van der Waals surface area (Å²) in [5.41, 5.74) is 10.5. The first-order valence-electron chi connectivity index (χ1n) is 10.2. The van der Waals surface area contributed by atoms with Gasteiger partial charge in [0.1, 0.15) is 5.52 Å². The van der Waals surface area contributed by atoms with Crippen molar-refractivity contribution >= 4 is 22.9 Å². The molecule has 0 saturated carbocycles. The SMILES string of the molecule is CCCCNc1nc(N)c2ncn(Cc3ccc(CCC(C)(C)C)cc3)c2n1. The number of benzene rings is 1. The van der Waals surface area contributed by atoms with Crippen LogP contribution in [0.5, 0.6) is 0 Å². The Kier molecular flexibility index (Phi) is 6.17. The second-order valence-corrected chi connectivity index (χ2v) is 8.63. The fourth-order valence-electron chi connectivity index (χ4n) is 3.07. The highest BCUT2D eigenvalue weighted by Gasteiger charge is 2.12. The van der Waals surface area contributed by atoms with Crippen LogP contribution in [-0.4, -0.2) is 26.1 Å². The monoisotopic (exact) mass is 380 g/mol. The maximum Gasteiger partial charge on any atom is 0.226 e. The van der Waals surface area contributed by atoms with Crippen molar-refractivity contribution in [3.8, 4) is 0 Å². The fourth-order valence-corrected chi connectivity index (χ4v) is 3.07. The zero-order valence-corrected chi connectivity index (χ0v) is 17.5. The van der Waals surface area contributed by atoms with Crippen LogP contribution in [0.3, 0.4) is 0 Å². The largest absolute Gasteiger partial charge is 0.382 e. The Morgan fingerprint density at radius 1 is 1.07 bits per heavy atom. The van der Waals surface area contributed by atoms with Crippen LogP contribution in [0.2, 0.25) is 0 Å². The molecule has 3 aromatic rings. The summed E-state index contributed by atoms with van der Waals surface area (Å²) < 4.78 is 2.03. The van der Waals surface area contributed by atoms with Crippen LogP contribution in [0.25, 0.3) is 11.2 Å². The highest BCUT2D eigenvalue weighted by molar-refractivity contribution is 5.82. The maximum absolute atomic E-state index is 6.09. The number of hydrogen-bond acceptors (Lipinski definition) is 5. The number of hydrogen-bond donors (Lipinski definition) is 2. The van der Waals surface area contributed by atoms with Gasteiger partial charge in [0.25, 0.3) is 0 Å². The van der Waals surface area contributed by atoms with Crippen LogP contribution in [0.4, 0.5) is 11.8 Å². The number of rotatable bonds is 8. The molecule has 0 fully saturated rings. The van der Waals surface area contributed by atoms with E-state index in [-0.39, 0.29) is 0 Å². The van der Waals surface area contributed by atoms with Crippen molar-refractivity contribution in [3.05, 3.63) is 41.7 Å². The Morgan fingerprint density at radius 2 is 1.79 bits per heavy atom. The molecule has 1 aromatic carbocycles. The lowest BCUT2D eigenvalue weighted by atomic mass is 9.88. The lowest BCUT2D eigenvalue weighted by Crippen LogP contribution is -2.08. The third-order valence-corrected chi connectivity index (χ3v) is 4.84. The summed E-state index contributed by atoms with van der Waals surface area (Å²) >= 11 is 0. The molecule has 0 unspecified atom stereocenters. The molecule has 28 heavy (non-hydrogen) atoms. The predicted molar refractivity (Wildman–Crippen MR) is 116 cm³/mol. The Hall–Kier alpha value is -2.63. The summed E-state index contributed by atoms with van der Waals surface area (Å²) in [7, 11) is 0. The van der Waals surface area contributed by atoms with Crippen molar-refractivity contribution in [2.24, 2.45) is 5.41 Å². The van der Waals surface area contributed by atoms with E-state index in [0.717, 1.165) is 31.5 Å². The van der Waals surface area contributed by atoms with Gasteiger partial charge < -0.3 is 15.6 Å². The van der Waals surface area contributed by atoms with Gasteiger partial charge in [-0.2, -0.15) is 9.97 Å². The summed E-state index contributed by atoms with van der Waals surface area (Å²) in [5, 5.41) is 3.25. The molecule has 2 aromatic heterocycles. The first-order valence-corrected chi connectivity index (χ1v) is 10.2. The van der Waals surface area contributed by atoms with E-state index in [1.807, 2.05) is 4.57 Å². The van der Waals surface area contributed by atoms with E-state index in [1.54, 1.807) is 6.33 Å². The highest BCUT2D eigenvalue weighted by Crippen LogP contribution is 2.22. The van der Waals surface area contributed by atoms with E-state index < -0.39 is 0 Å². The number of nitrogens with one attached hydrogen (secondary N) is 1. The standard InChI is InChI=1S/C22H32N6/c1-5-6-13-24-21-26-19(23)18-20(27-21)28(15-25-18)14-17-9-7-16(8-10-17)11-12-22(2,3)4/h7-10,15H,5-6,11-14H2,1-4H3,(H3,23,24,26,27). The number of nitrogens with two attached hydrogens (primary N) is 1. The van der Waals surface area contributed by atoms with Gasteiger partial charge in [-0.1, -0.05) is 58.4 Å². The summed E-state index contributed by atoms with van der Waals surface area (Å²) in [6.45, 7) is 10.6. The third-order valence-electron chi connectivity index (χ3n) is 4.84. The number of fused-ring (bicyclic) bond motifs is 1. The first-order chi connectivity index (χ1) is 13.4. The van der Waals surface area contributed by atoms with Crippen LogP contribution < -0.4 is 11.1 Å². The molecule has 0 aliphatic rings. The van der Waals surface area contributed by atoms with Gasteiger partial charge in [0.15, 0.2) is 11.5 Å². The highest BCUT2D eigenvalue weighted by atomic mass is 15.2. The van der Waals surface area contributed by atoms with Crippen LogP contribution in [0.15, 0.2) is 30.6 Å². The lowest BCUT2D eigenvalue weighted by molar-refractivity contribution is 0.378. The molecule has 3 rings (SSSR count). The Labute approximate surface area is 167 Å². The minimum Gasteiger partial charge on any atom is -0.382 e. The van der Waals surface area contributed by atoms with Gasteiger partial charge in [-0.25, -0.2) is 4.98 Å². The minimum absolute atomic E-state index is 0.358. The van der Waals surface area contributed by atoms with Gasteiger partial charge in [0.2, 0.25) is 5.95 Å². The van der Waals surface area contributed by atoms with Crippen LogP contribution >= 0.6 is 0 Å². The van der Waals surface area contributed by atoms with E-state index in [4.69, 9.17) is 5.73 Å². The molecule has 6 heteroatoms. The average molecular weight is 381 g/mol. The summed E-state index contributed by atoms with van der Waals surface area (Å²) in [4.78, 5) is 13.4. The fraction of sp³-hybridized carbons (Fsp3) is 0.500. The molecular weight excluding hydrogens is 348 g/mol. The smallest absolute Gasteiger partial charge is 0.226 e. The topological polar surface area (TPSA) is 81.6 Å². The number of nitrogens with zero attached hydrogens (tertiary/aromatic N) is 4. The molecule has 0 aliphatic carbocycles. The molecule has 6 nitrogen and oxygen atoms in total. The van der Waals surface area contributed by atoms with E-state index in [1.165, 1.54) is 17.5 Å². The second kappa shape index (κ2) is 8.59. The quantitative estimate of drug-likeness (QED) is 0.556. The predicted octanol–water partition coefficient (Wildman–Crippen LogP) is 4.65. The number of anilines is 2. The van der Waals surface area contributed by atoms with Gasteiger partial charge >= 0.3 is 0 Å². The van der Waals surface area contributed by atoms with E-state index in [9.17, 15) is 0 Å². The molecule has 0 radical (unpaired) electrons. The average Bonchev–Trinajstić information content (AvgIpc) is 3.04. The molecule has 2 heterocycles. The number of aryl methyl sites for hydroxylation is 1. The molecule has 0 spiro atoms. The molecule has 3 N–H and O–H groups in total. The molecule has 0 bridgehead atoms. The third kappa shape index (κ3) is 5.21. The van der Waals surface area contributed by atoms with Crippen molar-refractivity contribution in [2.45, 2.75) is 59.9 Å². The Bertz CT molecular complexity index is 905. The first kappa shape index (κ1) is 20.1. The molecule has 150 valence electrons. The molecule has 0 saturated heterocycles. The summed E-state index contributed by atoms with van der Waals surface area (Å²) in [6, 6.07) is 8.83. The zero-order chi connectivity index (χ0) is 20.1. The van der Waals surface area contributed by atoms with E-state index in [2.05, 4.69) is 72.2 Å². The van der Waals surface area contributed by atoms with Crippen molar-refractivity contribution in [1.29, 1.82) is 0 Å². The van der Waals surface area contributed by atoms with Crippen LogP contribution in [0.1, 0.15) is 58.1 Å². The number of nitrogen functional groups attached to an aromatic ring is 1. The molecule has 0 aliphatic heterocycles. The summed E-state index contributed by atoms with van der Waals surface area (Å²) in [5.74, 6) is 0.984. The number of imidazole rings is 1. The van der Waals surface area contributed by atoms with Crippen molar-refractivity contribution < 1.29 is 0 Å². The van der Waals surface area contributed by atoms with Gasteiger partial charge in [0, 0.05) is 6.54 Å². The number of aromatic nitrogens is 4. The van der Waals surface area contributed by atoms with Gasteiger partial charge in [-0.3, -0.25) is 0 Å². The number of unbranched alkanes of at least 4 members (excludes halogenated alkanes) is 1. The van der Waals surface area contributed by atoms with Crippen molar-refractivity contribution in [3.63, 3.8) is 0 Å². The van der Waals surface area contributed by atoms with Crippen LogP contribution in [-0.2, 0) is 13.0 Å². The van der Waals surface area contributed by atoms with Gasteiger partial charge in [0.05, 0.1) is 12.9 Å². The normalized spacial score (nSPS) is 11.9. The van der Waals surface area contributed by atoms with E-state index >= 15 is 0 Å². The second-order valence-electron chi connectivity index (χ2n) is 8.63. The van der Waals surface area contributed by atoms with Gasteiger partial charge in [-0.05, 0) is 35.8 Å². The Balaban J connectivity index is 1.74. The summed E-state index contributed by atoms with van der Waals surface area (Å²) in [6.07, 6.45) is 6.27. The van der Waals surface area contributed by atoms with Gasteiger partial charge in [-0.15, -0.1) is 0 Å². The van der Waals surface area contributed by atoms with Crippen molar-refractivity contribution in [2.75, 3.05) is 17.6 Å². The lowest BCUT2D eigenvalue weighted by Gasteiger charge is -2.17. The molecule has 0 atom stereocenters. The maximum atomic E-state index is 6.09. The molecular formula is C22H32N6. The Morgan fingerprint density at radius 3 is 2.46 bits per heavy atom. The molecule has 0 amide bonds. The minimum atomic E-state index is 0.358. The van der Waals surface area contributed by atoms with Crippen molar-refractivity contribution in [1.82, 2.24) is 19.5 Å². The van der Waals surface area contributed by atoms with E-state index in [0.29, 0.717) is 29.2 Å².